The molecule has 3 aromatic rings. The topological polar surface area (TPSA) is 59.8 Å². The van der Waals surface area contributed by atoms with Gasteiger partial charge in [-0.1, -0.05) is 43.7 Å². The van der Waals surface area contributed by atoms with Gasteiger partial charge in [0.2, 0.25) is 5.91 Å². The van der Waals surface area contributed by atoms with Crippen LogP contribution in [0.3, 0.4) is 0 Å². The molecule has 7 heteroatoms. The largest absolute Gasteiger partial charge is 0.352 e. The molecule has 0 saturated heterocycles. The number of nitrogens with zero attached hydrogens (tertiary/aromatic N) is 3. The predicted molar refractivity (Wildman–Crippen MR) is 113 cm³/mol. The number of hydrogen-bond donors (Lipinski definition) is 1. The molecule has 2 aromatic heterocycles. The molecule has 0 radical (unpaired) electrons. The first kappa shape index (κ1) is 19.9. The molecule has 1 atom stereocenters. The average molecular weight is 413 g/mol. The van der Waals surface area contributed by atoms with Crippen molar-refractivity contribution in [2.24, 2.45) is 0 Å². The Kier molecular flexibility index (Phi) is 6.13. The van der Waals surface area contributed by atoms with E-state index >= 15 is 0 Å². The highest BCUT2D eigenvalue weighted by Crippen LogP contribution is 2.31. The summed E-state index contributed by atoms with van der Waals surface area (Å²) in [4.78, 5) is 22.3. The molecule has 1 aromatic carbocycles. The van der Waals surface area contributed by atoms with Crippen molar-refractivity contribution in [3.8, 4) is 0 Å². The minimum Gasteiger partial charge on any atom is -0.352 e. The number of carbonyl (C=O) groups is 1. The summed E-state index contributed by atoms with van der Waals surface area (Å²) in [5.41, 5.74) is 2.36. The quantitative estimate of drug-likeness (QED) is 0.562. The van der Waals surface area contributed by atoms with Gasteiger partial charge in [-0.2, -0.15) is 0 Å². The Hall–Kier alpha value is -2.41. The second-order valence-electron chi connectivity index (χ2n) is 7.44. The van der Waals surface area contributed by atoms with Gasteiger partial charge in [-0.3, -0.25) is 9.36 Å². The van der Waals surface area contributed by atoms with Crippen molar-refractivity contribution in [1.82, 2.24) is 19.9 Å². The van der Waals surface area contributed by atoms with E-state index in [0.29, 0.717) is 17.8 Å². The fraction of sp³-hybridized carbons (Fsp3) is 0.409. The van der Waals surface area contributed by atoms with E-state index in [0.717, 1.165) is 29.1 Å². The van der Waals surface area contributed by atoms with Gasteiger partial charge in [0.25, 0.3) is 0 Å². The van der Waals surface area contributed by atoms with Crippen LogP contribution in [-0.4, -0.2) is 26.5 Å². The van der Waals surface area contributed by atoms with Gasteiger partial charge in [0.1, 0.15) is 17.4 Å². The van der Waals surface area contributed by atoms with Gasteiger partial charge in [-0.15, -0.1) is 0 Å². The summed E-state index contributed by atoms with van der Waals surface area (Å²) >= 11 is 1.50. The summed E-state index contributed by atoms with van der Waals surface area (Å²) < 4.78 is 15.5. The second-order valence-corrected chi connectivity index (χ2v) is 8.39. The number of fused-ring (bicyclic) bond motifs is 1. The zero-order chi connectivity index (χ0) is 20.2. The monoisotopic (exact) mass is 412 g/mol. The van der Waals surface area contributed by atoms with E-state index in [2.05, 4.69) is 10.3 Å². The molecule has 0 bridgehead atoms. The van der Waals surface area contributed by atoms with Crippen LogP contribution in [0.5, 0.6) is 0 Å². The molecule has 5 nitrogen and oxygen atoms in total. The van der Waals surface area contributed by atoms with E-state index in [1.807, 2.05) is 29.7 Å². The second kappa shape index (κ2) is 8.95. The number of pyridine rings is 1. The molecule has 0 spiro atoms. The molecule has 1 unspecified atom stereocenters. The lowest BCUT2D eigenvalue weighted by Gasteiger charge is -2.21. The average Bonchev–Trinajstić information content (AvgIpc) is 3.35. The molecule has 4 rings (SSSR count). The SMILES string of the molecule is CCC(C(=O)NC1CCCC1)n1c(SCc2cccc(F)c2)nc2cccnc21. The van der Waals surface area contributed by atoms with Crippen LogP contribution >= 0.6 is 11.8 Å². The Morgan fingerprint density at radius 3 is 2.90 bits per heavy atom. The highest BCUT2D eigenvalue weighted by Gasteiger charge is 2.27. The molecular formula is C22H25FN4OS. The zero-order valence-electron chi connectivity index (χ0n) is 16.5. The van der Waals surface area contributed by atoms with Crippen molar-refractivity contribution in [1.29, 1.82) is 0 Å². The number of carbonyl (C=O) groups excluding carboxylic acids is 1. The number of aromatic nitrogens is 3. The molecule has 1 aliphatic rings. The van der Waals surface area contributed by atoms with Gasteiger partial charge in [0.15, 0.2) is 10.8 Å². The van der Waals surface area contributed by atoms with Crippen molar-refractivity contribution in [3.05, 3.63) is 54.0 Å². The minimum atomic E-state index is -0.370. The third kappa shape index (κ3) is 4.45. The molecular weight excluding hydrogens is 387 g/mol. The van der Waals surface area contributed by atoms with Crippen LogP contribution in [0.2, 0.25) is 0 Å². The van der Waals surface area contributed by atoms with Crippen molar-refractivity contribution >= 4 is 28.8 Å². The molecule has 1 amide bonds. The first-order valence-electron chi connectivity index (χ1n) is 10.2. The highest BCUT2D eigenvalue weighted by molar-refractivity contribution is 7.98. The maximum atomic E-state index is 13.5. The summed E-state index contributed by atoms with van der Waals surface area (Å²) in [7, 11) is 0. The van der Waals surface area contributed by atoms with Crippen LogP contribution in [-0.2, 0) is 10.5 Å². The van der Waals surface area contributed by atoms with Gasteiger partial charge in [0, 0.05) is 18.0 Å². The number of rotatable bonds is 7. The van der Waals surface area contributed by atoms with Crippen molar-refractivity contribution < 1.29 is 9.18 Å². The van der Waals surface area contributed by atoms with E-state index in [1.165, 1.54) is 36.7 Å². The number of halogens is 1. The van der Waals surface area contributed by atoms with Crippen LogP contribution in [0.15, 0.2) is 47.8 Å². The molecule has 2 heterocycles. The van der Waals surface area contributed by atoms with Crippen LogP contribution in [0, 0.1) is 5.82 Å². The maximum absolute atomic E-state index is 13.5. The summed E-state index contributed by atoms with van der Waals surface area (Å²) in [6.45, 7) is 2.01. The predicted octanol–water partition coefficient (Wildman–Crippen LogP) is 4.87. The summed E-state index contributed by atoms with van der Waals surface area (Å²) in [5.74, 6) is 0.347. The fourth-order valence-electron chi connectivity index (χ4n) is 3.92. The van der Waals surface area contributed by atoms with E-state index in [1.54, 1.807) is 12.3 Å². The van der Waals surface area contributed by atoms with Gasteiger partial charge in [-0.25, -0.2) is 14.4 Å². The zero-order valence-corrected chi connectivity index (χ0v) is 17.3. The summed E-state index contributed by atoms with van der Waals surface area (Å²) in [6, 6.07) is 10.2. The van der Waals surface area contributed by atoms with Crippen LogP contribution < -0.4 is 5.32 Å². The first-order valence-corrected chi connectivity index (χ1v) is 11.1. The van der Waals surface area contributed by atoms with E-state index < -0.39 is 0 Å². The normalized spacial score (nSPS) is 15.7. The molecule has 1 saturated carbocycles. The van der Waals surface area contributed by atoms with E-state index in [4.69, 9.17) is 4.98 Å². The number of thioether (sulfide) groups is 1. The molecule has 1 N–H and O–H groups in total. The molecule has 0 aliphatic heterocycles. The number of nitrogens with one attached hydrogen (secondary N) is 1. The van der Waals surface area contributed by atoms with E-state index in [9.17, 15) is 9.18 Å². The van der Waals surface area contributed by atoms with Crippen LogP contribution in [0.25, 0.3) is 11.2 Å². The maximum Gasteiger partial charge on any atom is 0.243 e. The fourth-order valence-corrected chi connectivity index (χ4v) is 4.91. The Labute approximate surface area is 174 Å². The Balaban J connectivity index is 1.63. The minimum absolute atomic E-state index is 0.0250. The first-order chi connectivity index (χ1) is 14.2. The van der Waals surface area contributed by atoms with Gasteiger partial charge >= 0.3 is 0 Å². The van der Waals surface area contributed by atoms with E-state index in [-0.39, 0.29) is 23.8 Å². The lowest BCUT2D eigenvalue weighted by atomic mass is 10.1. The molecule has 1 aliphatic carbocycles. The Morgan fingerprint density at radius 2 is 2.14 bits per heavy atom. The van der Waals surface area contributed by atoms with Gasteiger partial charge in [0.05, 0.1) is 0 Å². The molecule has 1 fully saturated rings. The number of amides is 1. The number of imidazole rings is 1. The smallest absolute Gasteiger partial charge is 0.243 e. The Bertz CT molecular complexity index is 999. The highest BCUT2D eigenvalue weighted by atomic mass is 32.2. The van der Waals surface area contributed by atoms with Crippen LogP contribution in [0.1, 0.15) is 50.6 Å². The number of hydrogen-bond acceptors (Lipinski definition) is 4. The third-order valence-corrected chi connectivity index (χ3v) is 6.40. The number of benzene rings is 1. The van der Waals surface area contributed by atoms with Crippen molar-refractivity contribution in [2.45, 2.75) is 62.0 Å². The van der Waals surface area contributed by atoms with Crippen molar-refractivity contribution in [2.75, 3.05) is 0 Å². The summed E-state index contributed by atoms with van der Waals surface area (Å²) in [6.07, 6.45) is 6.81. The van der Waals surface area contributed by atoms with Gasteiger partial charge < -0.3 is 5.32 Å². The lowest BCUT2D eigenvalue weighted by molar-refractivity contribution is -0.125. The Morgan fingerprint density at radius 1 is 1.31 bits per heavy atom. The molecule has 152 valence electrons. The van der Waals surface area contributed by atoms with Crippen LogP contribution in [0.4, 0.5) is 4.39 Å². The van der Waals surface area contributed by atoms with Crippen molar-refractivity contribution in [3.63, 3.8) is 0 Å². The lowest BCUT2D eigenvalue weighted by Crippen LogP contribution is -2.38. The third-order valence-electron chi connectivity index (χ3n) is 5.38. The standard InChI is InChI=1S/C22H25FN4OS/c1-2-19(21(28)25-17-9-3-4-10-17)27-20-18(11-6-12-24-20)26-22(27)29-14-15-7-5-8-16(23)13-15/h5-8,11-13,17,19H,2-4,9-10,14H2,1H3,(H,25,28). The van der Waals surface area contributed by atoms with Gasteiger partial charge in [-0.05, 0) is 49.1 Å². The molecule has 29 heavy (non-hydrogen) atoms. The summed E-state index contributed by atoms with van der Waals surface area (Å²) in [5, 5.41) is 3.95.